The van der Waals surface area contributed by atoms with Gasteiger partial charge in [-0.15, -0.1) is 11.3 Å². The van der Waals surface area contributed by atoms with Gasteiger partial charge in [-0.1, -0.05) is 0 Å². The molecule has 1 aliphatic heterocycles. The monoisotopic (exact) mass is 425 g/mol. The first kappa shape index (κ1) is 19.0. The number of hydrogen-bond acceptors (Lipinski definition) is 8. The van der Waals surface area contributed by atoms with Crippen LogP contribution in [0.3, 0.4) is 0 Å². The van der Waals surface area contributed by atoms with Crippen molar-refractivity contribution in [1.82, 2.24) is 14.5 Å². The number of methoxy groups -OCH3 is 1. The summed E-state index contributed by atoms with van der Waals surface area (Å²) in [5.74, 6) is 0.152. The lowest BCUT2D eigenvalue weighted by Crippen LogP contribution is -2.32. The molecule has 0 atom stereocenters. The van der Waals surface area contributed by atoms with Crippen molar-refractivity contribution in [3.8, 4) is 11.5 Å². The number of furan rings is 1. The van der Waals surface area contributed by atoms with Crippen LogP contribution in [0.5, 0.6) is 0 Å². The minimum absolute atomic E-state index is 0.184. The normalized spacial score (nSPS) is 15.4. The highest BCUT2D eigenvalue weighted by atomic mass is 32.1. The van der Waals surface area contributed by atoms with Gasteiger partial charge in [0.15, 0.2) is 5.76 Å². The lowest BCUT2D eigenvalue weighted by molar-refractivity contribution is -0.141. The Bertz CT molecular complexity index is 1350. The second-order valence-corrected chi connectivity index (χ2v) is 8.83. The predicted octanol–water partition coefficient (Wildman–Crippen LogP) is 3.29. The fraction of sp³-hybridized carbons (Fsp3) is 0.333. The molecule has 0 bridgehead atoms. The smallest absolute Gasteiger partial charge is 0.325 e. The Morgan fingerprint density at radius 1 is 1.37 bits per heavy atom. The molecule has 0 unspecified atom stereocenters. The zero-order chi connectivity index (χ0) is 21.0. The van der Waals surface area contributed by atoms with Crippen LogP contribution in [0.1, 0.15) is 25.0 Å². The number of ether oxygens (including phenoxy) is 2. The highest BCUT2D eigenvalue weighted by molar-refractivity contribution is 7.25. The quantitative estimate of drug-likeness (QED) is 0.465. The summed E-state index contributed by atoms with van der Waals surface area (Å²) < 4.78 is 18.1. The summed E-state index contributed by atoms with van der Waals surface area (Å²) in [4.78, 5) is 34.7. The van der Waals surface area contributed by atoms with Crippen LogP contribution in [0.25, 0.3) is 31.9 Å². The molecule has 0 saturated carbocycles. The van der Waals surface area contributed by atoms with Gasteiger partial charge in [0.2, 0.25) is 0 Å². The Kier molecular flexibility index (Phi) is 4.26. The van der Waals surface area contributed by atoms with Crippen LogP contribution in [-0.2, 0) is 33.8 Å². The van der Waals surface area contributed by atoms with Gasteiger partial charge >= 0.3 is 5.97 Å². The highest BCUT2D eigenvalue weighted by Gasteiger charge is 2.32. The van der Waals surface area contributed by atoms with E-state index in [1.807, 2.05) is 26.0 Å². The third-order valence-corrected chi connectivity index (χ3v) is 6.36. The van der Waals surface area contributed by atoms with Crippen LogP contribution in [-0.4, -0.2) is 33.2 Å². The molecule has 154 valence electrons. The highest BCUT2D eigenvalue weighted by Crippen LogP contribution is 2.42. The number of carbonyl (C=O) groups excluding carboxylic acids is 1. The van der Waals surface area contributed by atoms with Gasteiger partial charge in [0, 0.05) is 17.4 Å². The van der Waals surface area contributed by atoms with Crippen molar-refractivity contribution in [3.05, 3.63) is 46.2 Å². The Labute approximate surface area is 175 Å². The largest absolute Gasteiger partial charge is 0.468 e. The number of rotatable bonds is 3. The molecule has 0 spiro atoms. The zero-order valence-corrected chi connectivity index (χ0v) is 17.5. The molecule has 0 aliphatic carbocycles. The molecule has 30 heavy (non-hydrogen) atoms. The van der Waals surface area contributed by atoms with Gasteiger partial charge in [0.25, 0.3) is 5.56 Å². The minimum Gasteiger partial charge on any atom is -0.468 e. The maximum absolute atomic E-state index is 13.0. The minimum atomic E-state index is -0.506. The molecule has 9 heteroatoms. The molecule has 8 nitrogen and oxygen atoms in total. The second-order valence-electron chi connectivity index (χ2n) is 7.83. The van der Waals surface area contributed by atoms with Crippen molar-refractivity contribution in [2.24, 2.45) is 0 Å². The first-order chi connectivity index (χ1) is 14.4. The number of fused-ring (bicyclic) bond motifs is 5. The fourth-order valence-corrected chi connectivity index (χ4v) is 4.94. The summed E-state index contributed by atoms with van der Waals surface area (Å²) in [6.45, 7) is 4.30. The number of aromatic nitrogens is 3. The molecular formula is C21H19N3O5S. The van der Waals surface area contributed by atoms with E-state index in [-0.39, 0.29) is 17.7 Å². The van der Waals surface area contributed by atoms with Gasteiger partial charge in [-0.2, -0.15) is 0 Å². The summed E-state index contributed by atoms with van der Waals surface area (Å²) >= 11 is 1.28. The molecule has 4 aromatic rings. The molecule has 0 saturated heterocycles. The van der Waals surface area contributed by atoms with E-state index in [1.54, 1.807) is 6.26 Å². The third-order valence-electron chi connectivity index (χ3n) is 5.30. The molecule has 0 fully saturated rings. The van der Waals surface area contributed by atoms with Crippen LogP contribution in [0.4, 0.5) is 0 Å². The number of carbonyl (C=O) groups is 1. The lowest BCUT2D eigenvalue weighted by atomic mass is 9.89. The van der Waals surface area contributed by atoms with Crippen molar-refractivity contribution in [1.29, 1.82) is 0 Å². The van der Waals surface area contributed by atoms with E-state index in [9.17, 15) is 9.59 Å². The van der Waals surface area contributed by atoms with Crippen molar-refractivity contribution in [2.45, 2.75) is 39.0 Å². The summed E-state index contributed by atoms with van der Waals surface area (Å²) in [7, 11) is 1.29. The van der Waals surface area contributed by atoms with E-state index in [2.05, 4.69) is 9.72 Å². The third kappa shape index (κ3) is 2.93. The zero-order valence-electron chi connectivity index (χ0n) is 16.7. The Morgan fingerprint density at radius 3 is 2.93 bits per heavy atom. The fourth-order valence-electron chi connectivity index (χ4n) is 3.83. The average Bonchev–Trinajstić information content (AvgIpc) is 3.36. The summed E-state index contributed by atoms with van der Waals surface area (Å²) in [5.41, 5.74) is 2.72. The molecule has 0 N–H and O–H groups in total. The van der Waals surface area contributed by atoms with Gasteiger partial charge < -0.3 is 13.9 Å². The number of nitrogens with zero attached hydrogens (tertiary/aromatic N) is 3. The Balaban J connectivity index is 1.82. The number of esters is 1. The Morgan fingerprint density at radius 2 is 2.20 bits per heavy atom. The van der Waals surface area contributed by atoms with Crippen molar-refractivity contribution in [3.63, 3.8) is 0 Å². The number of thiophene rings is 1. The lowest BCUT2D eigenvalue weighted by Gasteiger charge is -2.32. The summed E-state index contributed by atoms with van der Waals surface area (Å²) in [6.07, 6.45) is 3.66. The molecule has 0 radical (unpaired) electrons. The topological polar surface area (TPSA) is 96.5 Å². The van der Waals surface area contributed by atoms with Crippen molar-refractivity contribution >= 4 is 37.7 Å². The number of hydrogen-bond donors (Lipinski definition) is 0. The maximum atomic E-state index is 13.0. The predicted molar refractivity (Wildman–Crippen MR) is 111 cm³/mol. The SMILES string of the molecule is COC(=O)Cn1cnc2c(sc3nc(-c4ccco4)c4c(c32)CC(C)(C)OC4)c1=O. The van der Waals surface area contributed by atoms with Crippen molar-refractivity contribution in [2.75, 3.05) is 7.11 Å². The van der Waals surface area contributed by atoms with Crippen molar-refractivity contribution < 1.29 is 18.7 Å². The average molecular weight is 425 g/mol. The van der Waals surface area contributed by atoms with E-state index in [0.717, 1.165) is 22.2 Å². The van der Waals surface area contributed by atoms with Crippen LogP contribution < -0.4 is 5.56 Å². The van der Waals surface area contributed by atoms with Crippen LogP contribution >= 0.6 is 11.3 Å². The number of pyridine rings is 1. The van der Waals surface area contributed by atoms with Gasteiger partial charge in [-0.25, -0.2) is 9.97 Å². The first-order valence-corrected chi connectivity index (χ1v) is 10.3. The summed E-state index contributed by atoms with van der Waals surface area (Å²) in [5, 5.41) is 0.874. The van der Waals surface area contributed by atoms with Gasteiger partial charge in [0.05, 0.1) is 37.4 Å². The van der Waals surface area contributed by atoms with Gasteiger partial charge in [0.1, 0.15) is 21.8 Å². The van der Waals surface area contributed by atoms with E-state index in [4.69, 9.17) is 14.1 Å². The van der Waals surface area contributed by atoms with Crippen LogP contribution in [0.15, 0.2) is 33.9 Å². The van der Waals surface area contributed by atoms with Crippen LogP contribution in [0, 0.1) is 0 Å². The van der Waals surface area contributed by atoms with E-state index < -0.39 is 5.97 Å². The molecular weight excluding hydrogens is 406 g/mol. The molecule has 5 rings (SSSR count). The van der Waals surface area contributed by atoms with Gasteiger partial charge in [-0.3, -0.25) is 14.2 Å². The summed E-state index contributed by atoms with van der Waals surface area (Å²) in [6, 6.07) is 3.68. The van der Waals surface area contributed by atoms with Gasteiger partial charge in [-0.05, 0) is 31.5 Å². The molecule has 0 aromatic carbocycles. The van der Waals surface area contributed by atoms with E-state index in [1.165, 1.54) is 29.3 Å². The molecule has 4 aromatic heterocycles. The second kappa shape index (κ2) is 6.75. The van der Waals surface area contributed by atoms with Crippen LogP contribution in [0.2, 0.25) is 0 Å². The van der Waals surface area contributed by atoms with E-state index in [0.29, 0.717) is 33.8 Å². The first-order valence-electron chi connectivity index (χ1n) is 9.46. The molecule has 0 amide bonds. The molecule has 1 aliphatic rings. The Hall–Kier alpha value is -3.04. The standard InChI is InChI=1S/C21H19N3O5S/c1-21(2)7-11-12(9-29-21)16(13-5-4-6-28-13)23-19-15(11)17-18(30-19)20(26)24(10-22-17)8-14(25)27-3/h4-6,10H,7-9H2,1-3H3. The maximum Gasteiger partial charge on any atom is 0.325 e. The van der Waals surface area contributed by atoms with E-state index >= 15 is 0 Å². The molecule has 5 heterocycles.